The van der Waals surface area contributed by atoms with Gasteiger partial charge in [-0.05, 0) is 39.0 Å². The number of aromatic nitrogens is 2. The van der Waals surface area contributed by atoms with E-state index in [1.165, 1.54) is 17.7 Å². The highest BCUT2D eigenvalue weighted by molar-refractivity contribution is 7.71. The van der Waals surface area contributed by atoms with Crippen LogP contribution in [-0.4, -0.2) is 16.6 Å². The molecule has 0 spiro atoms. The molecule has 0 aliphatic heterocycles. The number of aromatic amines is 1. The van der Waals surface area contributed by atoms with Crippen LogP contribution in [0.4, 0.5) is 0 Å². The van der Waals surface area contributed by atoms with Gasteiger partial charge in [0.25, 0.3) is 0 Å². The van der Waals surface area contributed by atoms with E-state index in [9.17, 15) is 0 Å². The van der Waals surface area contributed by atoms with Crippen molar-refractivity contribution in [2.24, 2.45) is 0 Å². The Kier molecular flexibility index (Phi) is 4.17. The number of hydrogen-bond donors (Lipinski definition) is 1. The van der Waals surface area contributed by atoms with Crippen LogP contribution in [0.15, 0.2) is 0 Å². The molecule has 0 saturated carbocycles. The summed E-state index contributed by atoms with van der Waals surface area (Å²) in [6.07, 6.45) is 5.16. The fraction of sp³-hybridized carbons (Fsp3) is 0.714. The van der Waals surface area contributed by atoms with Crippen molar-refractivity contribution in [2.75, 3.05) is 6.61 Å². The molecular weight excluding hydrogens is 244 g/mol. The first-order valence-electron chi connectivity index (χ1n) is 6.93. The summed E-state index contributed by atoms with van der Waals surface area (Å²) in [5.74, 6) is 0.917. The fourth-order valence-electron chi connectivity index (χ4n) is 2.81. The number of nitrogens with zero attached hydrogens (tertiary/aromatic N) is 1. The van der Waals surface area contributed by atoms with Gasteiger partial charge in [0.1, 0.15) is 16.1 Å². The molecule has 18 heavy (non-hydrogen) atoms. The van der Waals surface area contributed by atoms with Crippen LogP contribution in [0, 0.1) is 4.64 Å². The summed E-state index contributed by atoms with van der Waals surface area (Å²) >= 11 is 5.43. The Morgan fingerprint density at radius 3 is 2.61 bits per heavy atom. The molecule has 0 amide bonds. The molecular formula is C14H22N2OS. The SMILES string of the molecule is CCOC(CC)(CC)c1nc(=S)c2c([nH]1)CCC2. The van der Waals surface area contributed by atoms with Crippen LogP contribution in [0.5, 0.6) is 0 Å². The number of hydrogen-bond acceptors (Lipinski definition) is 3. The average molecular weight is 266 g/mol. The molecule has 0 bridgehead atoms. The lowest BCUT2D eigenvalue weighted by Gasteiger charge is -2.30. The number of aryl methyl sites for hydroxylation is 1. The molecule has 0 saturated heterocycles. The lowest BCUT2D eigenvalue weighted by atomic mass is 9.95. The van der Waals surface area contributed by atoms with Crippen molar-refractivity contribution in [1.29, 1.82) is 0 Å². The zero-order chi connectivity index (χ0) is 13.2. The molecule has 0 atom stereocenters. The van der Waals surface area contributed by atoms with Crippen LogP contribution in [0.3, 0.4) is 0 Å². The lowest BCUT2D eigenvalue weighted by Crippen LogP contribution is -2.31. The van der Waals surface area contributed by atoms with Gasteiger partial charge in [-0.25, -0.2) is 4.98 Å². The minimum atomic E-state index is -0.306. The zero-order valence-electron chi connectivity index (χ0n) is 11.5. The van der Waals surface area contributed by atoms with Gasteiger partial charge in [0.15, 0.2) is 0 Å². The predicted molar refractivity (Wildman–Crippen MR) is 75.3 cm³/mol. The van der Waals surface area contributed by atoms with E-state index in [1.54, 1.807) is 0 Å². The molecule has 1 aliphatic carbocycles. The zero-order valence-corrected chi connectivity index (χ0v) is 12.3. The maximum absolute atomic E-state index is 5.99. The summed E-state index contributed by atoms with van der Waals surface area (Å²) in [6.45, 7) is 7.01. The van der Waals surface area contributed by atoms with E-state index in [0.717, 1.165) is 36.1 Å². The van der Waals surface area contributed by atoms with Gasteiger partial charge >= 0.3 is 0 Å². The predicted octanol–water partition coefficient (Wildman–Crippen LogP) is 3.68. The lowest BCUT2D eigenvalue weighted by molar-refractivity contribution is -0.0573. The summed E-state index contributed by atoms with van der Waals surface area (Å²) < 4.78 is 6.75. The second-order valence-corrected chi connectivity index (χ2v) is 5.22. The number of rotatable bonds is 5. The average Bonchev–Trinajstić information content (AvgIpc) is 2.85. The van der Waals surface area contributed by atoms with Crippen molar-refractivity contribution in [3.05, 3.63) is 21.7 Å². The van der Waals surface area contributed by atoms with Crippen LogP contribution in [0.2, 0.25) is 0 Å². The minimum Gasteiger partial charge on any atom is -0.367 e. The Bertz CT molecular complexity index is 477. The summed E-state index contributed by atoms with van der Waals surface area (Å²) in [7, 11) is 0. The van der Waals surface area contributed by atoms with Crippen molar-refractivity contribution in [1.82, 2.24) is 9.97 Å². The van der Waals surface area contributed by atoms with Crippen molar-refractivity contribution >= 4 is 12.2 Å². The van der Waals surface area contributed by atoms with Gasteiger partial charge in [-0.3, -0.25) is 0 Å². The third kappa shape index (κ3) is 2.24. The second kappa shape index (κ2) is 5.49. The Morgan fingerprint density at radius 1 is 1.28 bits per heavy atom. The summed E-state index contributed by atoms with van der Waals surface area (Å²) in [5.41, 5.74) is 2.21. The van der Waals surface area contributed by atoms with Gasteiger partial charge in [0.05, 0.1) is 0 Å². The first-order chi connectivity index (χ1) is 8.66. The molecule has 1 aromatic heterocycles. The van der Waals surface area contributed by atoms with E-state index in [0.29, 0.717) is 6.61 Å². The van der Waals surface area contributed by atoms with Crippen molar-refractivity contribution < 1.29 is 4.74 Å². The molecule has 0 radical (unpaired) electrons. The number of fused-ring (bicyclic) bond motifs is 1. The van der Waals surface area contributed by atoms with Crippen molar-refractivity contribution in [2.45, 2.75) is 58.5 Å². The van der Waals surface area contributed by atoms with E-state index < -0.39 is 0 Å². The Morgan fingerprint density at radius 2 is 2.00 bits per heavy atom. The van der Waals surface area contributed by atoms with Crippen molar-refractivity contribution in [3.63, 3.8) is 0 Å². The molecule has 0 aromatic carbocycles. The van der Waals surface area contributed by atoms with E-state index >= 15 is 0 Å². The van der Waals surface area contributed by atoms with E-state index in [4.69, 9.17) is 17.0 Å². The van der Waals surface area contributed by atoms with Crippen molar-refractivity contribution in [3.8, 4) is 0 Å². The fourth-order valence-corrected chi connectivity index (χ4v) is 3.12. The maximum Gasteiger partial charge on any atom is 0.140 e. The number of H-pyrrole nitrogens is 1. The third-order valence-electron chi connectivity index (χ3n) is 3.95. The summed E-state index contributed by atoms with van der Waals surface area (Å²) in [5, 5.41) is 0. The van der Waals surface area contributed by atoms with Gasteiger partial charge in [0.2, 0.25) is 0 Å². The normalized spacial score (nSPS) is 14.8. The molecule has 1 aromatic rings. The highest BCUT2D eigenvalue weighted by Gasteiger charge is 2.32. The molecule has 1 heterocycles. The van der Waals surface area contributed by atoms with E-state index in [2.05, 4.69) is 23.8 Å². The van der Waals surface area contributed by atoms with Gasteiger partial charge in [-0.15, -0.1) is 0 Å². The molecule has 1 aliphatic rings. The number of nitrogens with one attached hydrogen (secondary N) is 1. The van der Waals surface area contributed by atoms with E-state index in [1.807, 2.05) is 6.92 Å². The van der Waals surface area contributed by atoms with Crippen LogP contribution < -0.4 is 0 Å². The molecule has 4 heteroatoms. The smallest absolute Gasteiger partial charge is 0.140 e. The van der Waals surface area contributed by atoms with Crippen LogP contribution in [-0.2, 0) is 23.2 Å². The topological polar surface area (TPSA) is 37.9 Å². The first-order valence-corrected chi connectivity index (χ1v) is 7.34. The highest BCUT2D eigenvalue weighted by Crippen LogP contribution is 2.32. The highest BCUT2D eigenvalue weighted by atomic mass is 32.1. The minimum absolute atomic E-state index is 0.306. The molecule has 100 valence electrons. The molecule has 0 fully saturated rings. The Hall–Kier alpha value is -0.740. The van der Waals surface area contributed by atoms with Gasteiger partial charge < -0.3 is 9.72 Å². The van der Waals surface area contributed by atoms with Gasteiger partial charge in [0, 0.05) is 17.9 Å². The molecule has 3 nitrogen and oxygen atoms in total. The largest absolute Gasteiger partial charge is 0.367 e. The second-order valence-electron chi connectivity index (χ2n) is 4.84. The standard InChI is InChI=1S/C14H22N2OS/c1-4-14(5-2,17-6-3)13-15-11-9-7-8-10(11)12(18)16-13/h4-9H2,1-3H3,(H,15,16,18). The summed E-state index contributed by atoms with van der Waals surface area (Å²) in [6, 6.07) is 0. The quantitative estimate of drug-likeness (QED) is 0.826. The number of ether oxygens (including phenoxy) is 1. The third-order valence-corrected chi connectivity index (χ3v) is 4.29. The molecule has 2 rings (SSSR count). The van der Waals surface area contributed by atoms with Crippen LogP contribution >= 0.6 is 12.2 Å². The Balaban J connectivity index is 2.49. The summed E-state index contributed by atoms with van der Waals surface area (Å²) in [4.78, 5) is 8.10. The van der Waals surface area contributed by atoms with E-state index in [-0.39, 0.29) is 5.60 Å². The van der Waals surface area contributed by atoms with Crippen LogP contribution in [0.1, 0.15) is 57.1 Å². The molecule has 1 N–H and O–H groups in total. The Labute approximate surface area is 114 Å². The van der Waals surface area contributed by atoms with Crippen LogP contribution in [0.25, 0.3) is 0 Å². The van der Waals surface area contributed by atoms with Gasteiger partial charge in [-0.1, -0.05) is 26.1 Å². The maximum atomic E-state index is 5.99. The first kappa shape index (κ1) is 13.7. The monoisotopic (exact) mass is 266 g/mol. The van der Waals surface area contributed by atoms with Gasteiger partial charge in [-0.2, -0.15) is 0 Å². The molecule has 0 unspecified atom stereocenters.